The summed E-state index contributed by atoms with van der Waals surface area (Å²) in [6.45, 7) is 5.45. The Labute approximate surface area is 146 Å². The second-order valence-electron chi connectivity index (χ2n) is 6.21. The van der Waals surface area contributed by atoms with Gasteiger partial charge in [0.15, 0.2) is 0 Å². The van der Waals surface area contributed by atoms with Gasteiger partial charge in [0.1, 0.15) is 5.69 Å². The van der Waals surface area contributed by atoms with E-state index in [9.17, 15) is 9.59 Å². The number of ether oxygens (including phenoxy) is 1. The number of anilines is 1. The molecule has 7 nitrogen and oxygen atoms in total. The standard InChI is InChI=1S/C18H24N4O3/c1-4-15-12-21(10-11-25-15)18(24)19-16-13(2)20(3)22(17(16)23)14-8-6-5-7-9-14/h5-9,15H,4,10-12H2,1-3H3,(H,19,24)/t15-/m1/s1. The number of nitrogens with one attached hydrogen (secondary N) is 1. The molecule has 0 unspecified atom stereocenters. The van der Waals surface area contributed by atoms with Crippen molar-refractivity contribution >= 4 is 11.7 Å². The average molecular weight is 344 g/mol. The quantitative estimate of drug-likeness (QED) is 0.927. The van der Waals surface area contributed by atoms with E-state index in [4.69, 9.17) is 4.74 Å². The second kappa shape index (κ2) is 7.14. The average Bonchev–Trinajstić information content (AvgIpc) is 2.85. The molecular weight excluding hydrogens is 320 g/mol. The number of aromatic nitrogens is 2. The van der Waals surface area contributed by atoms with E-state index in [1.165, 1.54) is 0 Å². The van der Waals surface area contributed by atoms with Crippen molar-refractivity contribution in [1.29, 1.82) is 0 Å². The molecule has 0 radical (unpaired) electrons. The van der Waals surface area contributed by atoms with Crippen LogP contribution in [-0.2, 0) is 11.8 Å². The Morgan fingerprint density at radius 1 is 1.32 bits per heavy atom. The summed E-state index contributed by atoms with van der Waals surface area (Å²) in [4.78, 5) is 27.1. The maximum absolute atomic E-state index is 12.8. The Balaban J connectivity index is 1.86. The third-order valence-corrected chi connectivity index (χ3v) is 4.67. The molecule has 134 valence electrons. The first-order chi connectivity index (χ1) is 12.0. The van der Waals surface area contributed by atoms with Crippen LogP contribution in [0.15, 0.2) is 35.1 Å². The van der Waals surface area contributed by atoms with E-state index in [2.05, 4.69) is 5.32 Å². The van der Waals surface area contributed by atoms with Gasteiger partial charge in [-0.1, -0.05) is 25.1 Å². The second-order valence-corrected chi connectivity index (χ2v) is 6.21. The number of morpholine rings is 1. The van der Waals surface area contributed by atoms with E-state index in [1.54, 1.807) is 21.3 Å². The van der Waals surface area contributed by atoms with E-state index in [0.717, 1.165) is 12.1 Å². The van der Waals surface area contributed by atoms with Crippen LogP contribution >= 0.6 is 0 Å². The van der Waals surface area contributed by atoms with Crippen LogP contribution in [0.25, 0.3) is 5.69 Å². The van der Waals surface area contributed by atoms with Crippen molar-refractivity contribution in [2.24, 2.45) is 7.05 Å². The third-order valence-electron chi connectivity index (χ3n) is 4.67. The first-order valence-electron chi connectivity index (χ1n) is 8.54. The van der Waals surface area contributed by atoms with Crippen molar-refractivity contribution in [3.8, 4) is 5.69 Å². The van der Waals surface area contributed by atoms with E-state index >= 15 is 0 Å². The van der Waals surface area contributed by atoms with Gasteiger partial charge in [0.2, 0.25) is 0 Å². The van der Waals surface area contributed by atoms with Crippen LogP contribution in [-0.4, -0.2) is 46.1 Å². The maximum Gasteiger partial charge on any atom is 0.322 e. The van der Waals surface area contributed by atoms with Gasteiger partial charge in [-0.05, 0) is 25.5 Å². The zero-order valence-electron chi connectivity index (χ0n) is 14.9. The van der Waals surface area contributed by atoms with E-state index in [-0.39, 0.29) is 17.7 Å². The number of nitrogens with zero attached hydrogens (tertiary/aromatic N) is 3. The molecule has 7 heteroatoms. The molecule has 2 amide bonds. The van der Waals surface area contributed by atoms with Crippen molar-refractivity contribution in [2.75, 3.05) is 25.0 Å². The molecule has 1 atom stereocenters. The van der Waals surface area contributed by atoms with Crippen LogP contribution in [0.3, 0.4) is 0 Å². The lowest BCUT2D eigenvalue weighted by Gasteiger charge is -2.32. The van der Waals surface area contributed by atoms with Crippen molar-refractivity contribution in [3.05, 3.63) is 46.4 Å². The van der Waals surface area contributed by atoms with Crippen molar-refractivity contribution < 1.29 is 9.53 Å². The Morgan fingerprint density at radius 2 is 2.04 bits per heavy atom. The fraction of sp³-hybridized carbons (Fsp3) is 0.444. The van der Waals surface area contributed by atoms with Gasteiger partial charge in [0.25, 0.3) is 5.56 Å². The zero-order chi connectivity index (χ0) is 18.0. The summed E-state index contributed by atoms with van der Waals surface area (Å²) < 4.78 is 8.90. The number of carbonyl (C=O) groups excluding carboxylic acids is 1. The molecule has 3 rings (SSSR count). The molecule has 0 spiro atoms. The van der Waals surface area contributed by atoms with E-state index in [0.29, 0.717) is 31.1 Å². The maximum atomic E-state index is 12.8. The fourth-order valence-electron chi connectivity index (χ4n) is 3.05. The molecule has 1 fully saturated rings. The van der Waals surface area contributed by atoms with Gasteiger partial charge in [-0.25, -0.2) is 9.48 Å². The lowest BCUT2D eigenvalue weighted by molar-refractivity contribution is -0.0134. The smallest absolute Gasteiger partial charge is 0.322 e. The van der Waals surface area contributed by atoms with Crippen LogP contribution in [0.4, 0.5) is 10.5 Å². The SMILES string of the molecule is CC[C@@H]1CN(C(=O)Nc2c(C)n(C)n(-c3ccccc3)c2=O)CCO1. The number of amides is 2. The zero-order valence-corrected chi connectivity index (χ0v) is 14.9. The highest BCUT2D eigenvalue weighted by atomic mass is 16.5. The molecule has 1 aliphatic rings. The normalized spacial score (nSPS) is 17.6. The largest absolute Gasteiger partial charge is 0.375 e. The molecule has 2 aromatic rings. The van der Waals surface area contributed by atoms with Crippen LogP contribution in [0.1, 0.15) is 19.0 Å². The summed E-state index contributed by atoms with van der Waals surface area (Å²) >= 11 is 0. The van der Waals surface area contributed by atoms with Gasteiger partial charge in [-0.3, -0.25) is 9.48 Å². The molecule has 2 heterocycles. The summed E-state index contributed by atoms with van der Waals surface area (Å²) in [5.41, 5.74) is 1.55. The molecule has 1 aromatic heterocycles. The third kappa shape index (κ3) is 3.32. The van der Waals surface area contributed by atoms with Crippen LogP contribution < -0.4 is 10.9 Å². The summed E-state index contributed by atoms with van der Waals surface area (Å²) in [5, 5.41) is 2.80. The monoisotopic (exact) mass is 344 g/mol. The van der Waals surface area contributed by atoms with Gasteiger partial charge in [-0.15, -0.1) is 0 Å². The van der Waals surface area contributed by atoms with E-state index < -0.39 is 0 Å². The number of hydrogen-bond acceptors (Lipinski definition) is 3. The van der Waals surface area contributed by atoms with Crippen molar-refractivity contribution in [1.82, 2.24) is 14.3 Å². The Bertz CT molecular complexity index is 810. The first-order valence-corrected chi connectivity index (χ1v) is 8.54. The lowest BCUT2D eigenvalue weighted by Crippen LogP contribution is -2.47. The topological polar surface area (TPSA) is 68.5 Å². The minimum Gasteiger partial charge on any atom is -0.375 e. The predicted octanol–water partition coefficient (Wildman–Crippen LogP) is 2.13. The number of benzene rings is 1. The van der Waals surface area contributed by atoms with Crippen LogP contribution in [0.5, 0.6) is 0 Å². The minimum absolute atomic E-state index is 0.0531. The molecular formula is C18H24N4O3. The highest BCUT2D eigenvalue weighted by Crippen LogP contribution is 2.15. The van der Waals surface area contributed by atoms with Gasteiger partial charge in [-0.2, -0.15) is 0 Å². The van der Waals surface area contributed by atoms with E-state index in [1.807, 2.05) is 44.2 Å². The number of para-hydroxylation sites is 1. The Kier molecular flexibility index (Phi) is 4.94. The van der Waals surface area contributed by atoms with Crippen LogP contribution in [0, 0.1) is 6.92 Å². The number of urea groups is 1. The Morgan fingerprint density at radius 3 is 2.72 bits per heavy atom. The summed E-state index contributed by atoms with van der Waals surface area (Å²) in [7, 11) is 1.81. The Hall–Kier alpha value is -2.54. The van der Waals surface area contributed by atoms with Crippen molar-refractivity contribution in [2.45, 2.75) is 26.4 Å². The number of carbonyl (C=O) groups is 1. The van der Waals surface area contributed by atoms with Gasteiger partial charge in [0, 0.05) is 20.1 Å². The highest BCUT2D eigenvalue weighted by Gasteiger charge is 2.25. The molecule has 0 aliphatic carbocycles. The molecule has 25 heavy (non-hydrogen) atoms. The van der Waals surface area contributed by atoms with Gasteiger partial charge >= 0.3 is 6.03 Å². The minimum atomic E-state index is -0.257. The summed E-state index contributed by atoms with van der Waals surface area (Å²) in [5.74, 6) is 0. The molecule has 1 aliphatic heterocycles. The lowest BCUT2D eigenvalue weighted by atomic mass is 10.2. The first kappa shape index (κ1) is 17.3. The molecule has 1 saturated heterocycles. The summed E-state index contributed by atoms with van der Waals surface area (Å²) in [6, 6.07) is 9.12. The fourth-order valence-corrected chi connectivity index (χ4v) is 3.05. The van der Waals surface area contributed by atoms with Crippen LogP contribution in [0.2, 0.25) is 0 Å². The molecule has 1 aromatic carbocycles. The molecule has 0 saturated carbocycles. The number of rotatable bonds is 3. The predicted molar refractivity (Wildman–Crippen MR) is 96.4 cm³/mol. The molecule has 0 bridgehead atoms. The van der Waals surface area contributed by atoms with Gasteiger partial charge < -0.3 is 15.0 Å². The van der Waals surface area contributed by atoms with Crippen molar-refractivity contribution in [3.63, 3.8) is 0 Å². The van der Waals surface area contributed by atoms with Gasteiger partial charge in [0.05, 0.1) is 24.1 Å². The highest BCUT2D eigenvalue weighted by molar-refractivity contribution is 5.89. The number of hydrogen-bond donors (Lipinski definition) is 1. The summed E-state index contributed by atoms with van der Waals surface area (Å²) in [6.07, 6.45) is 0.909. The molecule has 1 N–H and O–H groups in total.